The van der Waals surface area contributed by atoms with Crippen LogP contribution in [0.5, 0.6) is 0 Å². The molecule has 0 radical (unpaired) electrons. The molecule has 0 saturated carbocycles. The topological polar surface area (TPSA) is 45.8 Å². The molecule has 88 valence electrons. The van der Waals surface area contributed by atoms with Gasteiger partial charge in [-0.1, -0.05) is 18.2 Å². The number of hydrogen-bond donors (Lipinski definition) is 1. The molecule has 3 nitrogen and oxygen atoms in total. The van der Waals surface area contributed by atoms with Gasteiger partial charge in [0.05, 0.1) is 15.0 Å². The fourth-order valence-electron chi connectivity index (χ4n) is 1.37. The number of thioether (sulfide) groups is 1. The zero-order valence-corrected chi connectivity index (χ0v) is 12.2. The van der Waals surface area contributed by atoms with Crippen molar-refractivity contribution in [1.82, 2.24) is 9.97 Å². The highest BCUT2D eigenvalue weighted by atomic mass is 127. The van der Waals surface area contributed by atoms with Gasteiger partial charge in [-0.25, -0.2) is 4.98 Å². The van der Waals surface area contributed by atoms with Gasteiger partial charge in [-0.15, -0.1) is 11.8 Å². The van der Waals surface area contributed by atoms with Crippen molar-refractivity contribution in [1.29, 1.82) is 0 Å². The van der Waals surface area contributed by atoms with E-state index in [1.54, 1.807) is 11.8 Å². The predicted octanol–water partition coefficient (Wildman–Crippen LogP) is 2.98. The lowest BCUT2D eigenvalue weighted by Gasteiger charge is -2.03. The summed E-state index contributed by atoms with van der Waals surface area (Å²) in [4.78, 5) is 19.9. The quantitative estimate of drug-likeness (QED) is 0.678. The summed E-state index contributed by atoms with van der Waals surface area (Å²) in [6, 6.07) is 10.1. The number of rotatable bonds is 3. The molecule has 0 aliphatic rings. The summed E-state index contributed by atoms with van der Waals surface area (Å²) in [6.07, 6.45) is 0. The molecule has 0 amide bonds. The molecule has 0 saturated heterocycles. The second kappa shape index (κ2) is 5.68. The summed E-state index contributed by atoms with van der Waals surface area (Å²) >= 11 is 3.67. The Morgan fingerprint density at radius 2 is 2.06 bits per heavy atom. The SMILES string of the molecule is Cc1nc(CSc2ccccc2)[nH]c(=O)c1I. The van der Waals surface area contributed by atoms with Crippen LogP contribution < -0.4 is 5.56 Å². The van der Waals surface area contributed by atoms with E-state index in [-0.39, 0.29) is 5.56 Å². The third-order valence-corrected chi connectivity index (χ3v) is 4.49. The maximum atomic E-state index is 11.6. The lowest BCUT2D eigenvalue weighted by Crippen LogP contribution is -2.16. The Kier molecular flexibility index (Phi) is 4.22. The maximum absolute atomic E-state index is 11.6. The molecule has 0 spiro atoms. The first-order valence-electron chi connectivity index (χ1n) is 5.10. The number of benzene rings is 1. The predicted molar refractivity (Wildman–Crippen MR) is 78.3 cm³/mol. The van der Waals surface area contributed by atoms with E-state index in [1.807, 2.05) is 59.8 Å². The molecule has 0 bridgehead atoms. The molecule has 17 heavy (non-hydrogen) atoms. The Labute approximate surface area is 117 Å². The van der Waals surface area contributed by atoms with Gasteiger partial charge in [0.25, 0.3) is 5.56 Å². The van der Waals surface area contributed by atoms with E-state index in [1.165, 1.54) is 4.90 Å². The summed E-state index contributed by atoms with van der Waals surface area (Å²) < 4.78 is 0.663. The van der Waals surface area contributed by atoms with Crippen molar-refractivity contribution in [2.75, 3.05) is 0 Å². The summed E-state index contributed by atoms with van der Waals surface area (Å²) in [5, 5.41) is 0. The minimum Gasteiger partial charge on any atom is -0.309 e. The minimum atomic E-state index is -0.0539. The average Bonchev–Trinajstić information content (AvgIpc) is 2.34. The molecule has 0 aliphatic carbocycles. The fourth-order valence-corrected chi connectivity index (χ4v) is 2.41. The van der Waals surface area contributed by atoms with Gasteiger partial charge in [0.2, 0.25) is 0 Å². The van der Waals surface area contributed by atoms with Crippen LogP contribution in [0.2, 0.25) is 0 Å². The molecule has 1 aromatic carbocycles. The van der Waals surface area contributed by atoms with Crippen LogP contribution in [-0.2, 0) is 5.75 Å². The number of nitrogens with one attached hydrogen (secondary N) is 1. The van der Waals surface area contributed by atoms with Gasteiger partial charge in [0, 0.05) is 4.90 Å². The van der Waals surface area contributed by atoms with Crippen molar-refractivity contribution in [3.63, 3.8) is 0 Å². The molecule has 0 fully saturated rings. The van der Waals surface area contributed by atoms with Crippen molar-refractivity contribution in [3.8, 4) is 0 Å². The molecule has 5 heteroatoms. The summed E-state index contributed by atoms with van der Waals surface area (Å²) in [6.45, 7) is 1.85. The average molecular weight is 358 g/mol. The first-order valence-corrected chi connectivity index (χ1v) is 7.16. The Balaban J connectivity index is 2.13. The number of aromatic nitrogens is 2. The van der Waals surface area contributed by atoms with Gasteiger partial charge in [0.1, 0.15) is 5.82 Å². The number of nitrogens with zero attached hydrogens (tertiary/aromatic N) is 1. The number of hydrogen-bond acceptors (Lipinski definition) is 3. The smallest absolute Gasteiger partial charge is 0.264 e. The molecule has 1 N–H and O–H groups in total. The number of aromatic amines is 1. The third kappa shape index (κ3) is 3.32. The largest absolute Gasteiger partial charge is 0.309 e. The lowest BCUT2D eigenvalue weighted by molar-refractivity contribution is 0.953. The molecule has 0 unspecified atom stereocenters. The van der Waals surface area contributed by atoms with Crippen molar-refractivity contribution in [2.24, 2.45) is 0 Å². The first kappa shape index (κ1) is 12.6. The summed E-state index contributed by atoms with van der Waals surface area (Å²) in [7, 11) is 0. The molecular formula is C12H11IN2OS. The van der Waals surface area contributed by atoms with Crippen LogP contribution >= 0.6 is 34.4 Å². The van der Waals surface area contributed by atoms with E-state index in [9.17, 15) is 4.79 Å². The second-order valence-electron chi connectivity index (χ2n) is 3.51. The maximum Gasteiger partial charge on any atom is 0.264 e. The highest BCUT2D eigenvalue weighted by Crippen LogP contribution is 2.20. The van der Waals surface area contributed by atoms with Gasteiger partial charge in [-0.3, -0.25) is 4.79 Å². The minimum absolute atomic E-state index is 0.0539. The zero-order chi connectivity index (χ0) is 12.3. The highest BCUT2D eigenvalue weighted by molar-refractivity contribution is 14.1. The van der Waals surface area contributed by atoms with Crippen LogP contribution in [0.4, 0.5) is 0 Å². The van der Waals surface area contributed by atoms with Crippen molar-refractivity contribution in [2.45, 2.75) is 17.6 Å². The molecular weight excluding hydrogens is 347 g/mol. The second-order valence-corrected chi connectivity index (χ2v) is 5.64. The molecule has 2 aromatic rings. The monoisotopic (exact) mass is 358 g/mol. The Bertz CT molecular complexity index is 568. The summed E-state index contributed by atoms with van der Waals surface area (Å²) in [5.41, 5.74) is 0.736. The van der Waals surface area contributed by atoms with Crippen LogP contribution in [0.3, 0.4) is 0 Å². The van der Waals surface area contributed by atoms with Crippen LogP contribution in [0.1, 0.15) is 11.5 Å². The molecule has 1 aromatic heterocycles. The molecule has 0 atom stereocenters. The van der Waals surface area contributed by atoms with E-state index < -0.39 is 0 Å². The third-order valence-electron chi connectivity index (χ3n) is 2.20. The van der Waals surface area contributed by atoms with Gasteiger partial charge < -0.3 is 4.98 Å². The van der Waals surface area contributed by atoms with Gasteiger partial charge in [0.15, 0.2) is 0 Å². The normalized spacial score (nSPS) is 10.5. The highest BCUT2D eigenvalue weighted by Gasteiger charge is 2.05. The van der Waals surface area contributed by atoms with Crippen LogP contribution in [0.15, 0.2) is 40.0 Å². The van der Waals surface area contributed by atoms with E-state index in [4.69, 9.17) is 0 Å². The fraction of sp³-hybridized carbons (Fsp3) is 0.167. The molecule has 2 rings (SSSR count). The van der Waals surface area contributed by atoms with Crippen molar-refractivity contribution < 1.29 is 0 Å². The number of H-pyrrole nitrogens is 1. The van der Waals surface area contributed by atoms with Crippen molar-refractivity contribution >= 4 is 34.4 Å². The van der Waals surface area contributed by atoms with Crippen LogP contribution in [0, 0.1) is 10.5 Å². The first-order chi connectivity index (χ1) is 8.16. The Morgan fingerprint density at radius 3 is 2.71 bits per heavy atom. The lowest BCUT2D eigenvalue weighted by atomic mass is 10.4. The standard InChI is InChI=1S/C12H11IN2OS/c1-8-11(13)12(16)15-10(14-8)7-17-9-5-3-2-4-6-9/h2-6H,7H2,1H3,(H,14,15,16). The van der Waals surface area contributed by atoms with Gasteiger partial charge >= 0.3 is 0 Å². The van der Waals surface area contributed by atoms with Crippen molar-refractivity contribution in [3.05, 3.63) is 55.8 Å². The van der Waals surface area contributed by atoms with Gasteiger partial charge in [-0.05, 0) is 41.6 Å². The van der Waals surface area contributed by atoms with E-state index >= 15 is 0 Å². The Morgan fingerprint density at radius 1 is 1.35 bits per heavy atom. The molecule has 0 aliphatic heterocycles. The van der Waals surface area contributed by atoms with E-state index in [0.29, 0.717) is 9.32 Å². The zero-order valence-electron chi connectivity index (χ0n) is 9.24. The van der Waals surface area contributed by atoms with Crippen LogP contribution in [0.25, 0.3) is 0 Å². The van der Waals surface area contributed by atoms with E-state index in [2.05, 4.69) is 9.97 Å². The molecule has 1 heterocycles. The van der Waals surface area contributed by atoms with Crippen LogP contribution in [-0.4, -0.2) is 9.97 Å². The number of aryl methyl sites for hydroxylation is 1. The number of halogens is 1. The van der Waals surface area contributed by atoms with E-state index in [0.717, 1.165) is 11.5 Å². The summed E-state index contributed by atoms with van der Waals surface area (Å²) in [5.74, 6) is 1.40. The van der Waals surface area contributed by atoms with Gasteiger partial charge in [-0.2, -0.15) is 0 Å². The Hall–Kier alpha value is -0.820.